The average molecular weight is 341 g/mol. The molecule has 3 rings (SSSR count). The smallest absolute Gasteiger partial charge is 0.224 e. The fourth-order valence-electron chi connectivity index (χ4n) is 3.80. The summed E-state index contributed by atoms with van der Waals surface area (Å²) in [6.45, 7) is 9.38. The van der Waals surface area contributed by atoms with Crippen LogP contribution in [0.25, 0.3) is 6.08 Å². The summed E-state index contributed by atoms with van der Waals surface area (Å²) in [4.78, 5) is 19.3. The van der Waals surface area contributed by atoms with E-state index in [-0.39, 0.29) is 0 Å². The van der Waals surface area contributed by atoms with Crippen LogP contribution in [0, 0.1) is 0 Å². The van der Waals surface area contributed by atoms with Gasteiger partial charge >= 0.3 is 0 Å². The van der Waals surface area contributed by atoms with Crippen LogP contribution in [0.15, 0.2) is 36.4 Å². The molecule has 0 bridgehead atoms. The molecule has 0 radical (unpaired) electrons. The van der Waals surface area contributed by atoms with Gasteiger partial charge in [-0.15, -0.1) is 0 Å². The molecule has 25 heavy (non-hydrogen) atoms. The lowest BCUT2D eigenvalue weighted by molar-refractivity contribution is -0.132. The van der Waals surface area contributed by atoms with Crippen LogP contribution in [0.4, 0.5) is 0 Å². The molecule has 1 aromatic rings. The fourth-order valence-corrected chi connectivity index (χ4v) is 3.80. The van der Waals surface area contributed by atoms with Gasteiger partial charge in [0.2, 0.25) is 5.91 Å². The van der Waals surface area contributed by atoms with E-state index < -0.39 is 0 Å². The molecule has 0 N–H and O–H groups in total. The van der Waals surface area contributed by atoms with Gasteiger partial charge in [-0.2, -0.15) is 0 Å². The van der Waals surface area contributed by atoms with Crippen LogP contribution in [-0.2, 0) is 4.79 Å². The number of benzene rings is 1. The van der Waals surface area contributed by atoms with Gasteiger partial charge in [-0.1, -0.05) is 42.5 Å². The molecule has 1 unspecified atom stereocenters. The van der Waals surface area contributed by atoms with Crippen LogP contribution >= 0.6 is 0 Å². The van der Waals surface area contributed by atoms with Crippen molar-refractivity contribution in [2.45, 2.75) is 32.2 Å². The topological polar surface area (TPSA) is 26.8 Å². The number of carbonyl (C=O) groups is 1. The molecule has 2 fully saturated rings. The summed E-state index contributed by atoms with van der Waals surface area (Å²) >= 11 is 0. The van der Waals surface area contributed by atoms with Gasteiger partial charge in [-0.25, -0.2) is 0 Å². The number of rotatable bonds is 6. The summed E-state index contributed by atoms with van der Waals surface area (Å²) in [5.74, 6) is 0.346. The van der Waals surface area contributed by atoms with Crippen LogP contribution in [0.1, 0.15) is 31.7 Å². The Kier molecular flexibility index (Phi) is 6.65. The van der Waals surface area contributed by atoms with Crippen molar-refractivity contribution in [2.75, 3.05) is 45.8 Å². The van der Waals surface area contributed by atoms with Gasteiger partial charge in [0.15, 0.2) is 0 Å². The summed E-state index contributed by atoms with van der Waals surface area (Å²) in [5.41, 5.74) is 1.26. The summed E-state index contributed by atoms with van der Waals surface area (Å²) in [6.07, 6.45) is 7.47. The molecule has 0 aliphatic carbocycles. The number of hydrogen-bond donors (Lipinski definition) is 0. The lowest BCUT2D eigenvalue weighted by Gasteiger charge is -2.34. The third-order valence-electron chi connectivity index (χ3n) is 5.45. The third kappa shape index (κ3) is 5.41. The Bertz CT molecular complexity index is 564. The van der Waals surface area contributed by atoms with Crippen LogP contribution in [0.3, 0.4) is 0 Å². The zero-order valence-electron chi connectivity index (χ0n) is 15.4. The minimum Gasteiger partial charge on any atom is -0.340 e. The second kappa shape index (κ2) is 9.16. The van der Waals surface area contributed by atoms with Gasteiger partial charge in [-0.05, 0) is 25.3 Å². The molecule has 4 nitrogen and oxygen atoms in total. The first-order valence-corrected chi connectivity index (χ1v) is 9.68. The van der Waals surface area contributed by atoms with Crippen molar-refractivity contribution in [3.05, 3.63) is 42.0 Å². The van der Waals surface area contributed by atoms with Crippen molar-refractivity contribution in [1.82, 2.24) is 14.7 Å². The zero-order chi connectivity index (χ0) is 17.5. The van der Waals surface area contributed by atoms with Gasteiger partial charge in [-0.3, -0.25) is 9.69 Å². The van der Waals surface area contributed by atoms with Crippen molar-refractivity contribution in [3.63, 3.8) is 0 Å². The summed E-state index contributed by atoms with van der Waals surface area (Å²) in [6, 6.07) is 10.9. The highest BCUT2D eigenvalue weighted by atomic mass is 16.2. The minimum absolute atomic E-state index is 0.346. The maximum atomic E-state index is 12.3. The van der Waals surface area contributed by atoms with Crippen molar-refractivity contribution >= 4 is 12.0 Å². The molecule has 4 heteroatoms. The van der Waals surface area contributed by atoms with E-state index >= 15 is 0 Å². The predicted molar refractivity (Wildman–Crippen MR) is 103 cm³/mol. The van der Waals surface area contributed by atoms with Crippen molar-refractivity contribution in [3.8, 4) is 0 Å². The number of likely N-dealkylation sites (tertiary alicyclic amines) is 1. The maximum absolute atomic E-state index is 12.3. The lowest BCUT2D eigenvalue weighted by atomic mass is 10.2. The molecule has 136 valence electrons. The SMILES string of the molecule is CC1CCCN1C(=O)CCN1CCN(C/C=C/c2ccccc2)CC1. The number of carbonyl (C=O) groups excluding carboxylic acids is 1. The van der Waals surface area contributed by atoms with Gasteiger partial charge in [0.1, 0.15) is 0 Å². The molecule has 0 aromatic heterocycles. The fraction of sp³-hybridized carbons (Fsp3) is 0.571. The third-order valence-corrected chi connectivity index (χ3v) is 5.45. The van der Waals surface area contributed by atoms with Crippen LogP contribution in [0.2, 0.25) is 0 Å². The van der Waals surface area contributed by atoms with Gasteiger partial charge in [0.05, 0.1) is 0 Å². The van der Waals surface area contributed by atoms with E-state index in [1.807, 2.05) is 6.07 Å². The Hall–Kier alpha value is -1.65. The number of nitrogens with zero attached hydrogens (tertiary/aromatic N) is 3. The van der Waals surface area contributed by atoms with E-state index in [2.05, 4.69) is 58.0 Å². The minimum atomic E-state index is 0.346. The van der Waals surface area contributed by atoms with E-state index in [1.165, 1.54) is 18.4 Å². The predicted octanol–water partition coefficient (Wildman–Crippen LogP) is 2.72. The molecule has 2 saturated heterocycles. The number of hydrogen-bond acceptors (Lipinski definition) is 3. The first-order chi connectivity index (χ1) is 12.2. The van der Waals surface area contributed by atoms with E-state index in [9.17, 15) is 4.79 Å². The first-order valence-electron chi connectivity index (χ1n) is 9.68. The molecule has 1 amide bonds. The van der Waals surface area contributed by atoms with Crippen LogP contribution in [0.5, 0.6) is 0 Å². The first kappa shape index (κ1) is 18.2. The highest BCUT2D eigenvalue weighted by Gasteiger charge is 2.25. The summed E-state index contributed by atoms with van der Waals surface area (Å²) in [5, 5.41) is 0. The lowest BCUT2D eigenvalue weighted by Crippen LogP contribution is -2.47. The number of piperazine rings is 1. The van der Waals surface area contributed by atoms with Gasteiger partial charge < -0.3 is 9.80 Å². The largest absolute Gasteiger partial charge is 0.340 e. The normalized spacial score (nSPS) is 22.8. The van der Waals surface area contributed by atoms with Crippen LogP contribution < -0.4 is 0 Å². The quantitative estimate of drug-likeness (QED) is 0.796. The van der Waals surface area contributed by atoms with Crippen LogP contribution in [-0.4, -0.2) is 72.5 Å². The molecule has 1 aromatic carbocycles. The Morgan fingerprint density at radius 2 is 1.80 bits per heavy atom. The second-order valence-corrected chi connectivity index (χ2v) is 7.28. The second-order valence-electron chi connectivity index (χ2n) is 7.28. The Labute approximate surface area is 152 Å². The molecule has 2 aliphatic rings. The molecule has 0 spiro atoms. The van der Waals surface area contributed by atoms with Gasteiger partial charge in [0, 0.05) is 58.3 Å². The van der Waals surface area contributed by atoms with E-state index in [0.717, 1.165) is 45.8 Å². The average Bonchev–Trinajstić information content (AvgIpc) is 3.08. The Balaban J connectivity index is 1.33. The summed E-state index contributed by atoms with van der Waals surface area (Å²) < 4.78 is 0. The molecular formula is C21H31N3O. The Morgan fingerprint density at radius 3 is 2.48 bits per heavy atom. The zero-order valence-corrected chi connectivity index (χ0v) is 15.4. The van der Waals surface area contributed by atoms with Gasteiger partial charge in [0.25, 0.3) is 0 Å². The van der Waals surface area contributed by atoms with Crippen molar-refractivity contribution < 1.29 is 4.79 Å². The van der Waals surface area contributed by atoms with E-state index in [1.54, 1.807) is 0 Å². The van der Waals surface area contributed by atoms with Crippen molar-refractivity contribution in [2.24, 2.45) is 0 Å². The Morgan fingerprint density at radius 1 is 1.08 bits per heavy atom. The van der Waals surface area contributed by atoms with E-state index in [0.29, 0.717) is 18.4 Å². The maximum Gasteiger partial charge on any atom is 0.224 e. The molecule has 2 aliphatic heterocycles. The summed E-state index contributed by atoms with van der Waals surface area (Å²) in [7, 11) is 0. The highest BCUT2D eigenvalue weighted by molar-refractivity contribution is 5.77. The van der Waals surface area contributed by atoms with Crippen molar-refractivity contribution in [1.29, 1.82) is 0 Å². The molecule has 2 heterocycles. The highest BCUT2D eigenvalue weighted by Crippen LogP contribution is 2.17. The number of amides is 1. The van der Waals surface area contributed by atoms with E-state index in [4.69, 9.17) is 0 Å². The molecule has 1 atom stereocenters. The molecule has 0 saturated carbocycles. The molecular weight excluding hydrogens is 310 g/mol. The monoisotopic (exact) mass is 341 g/mol. The standard InChI is InChI=1S/C21H31N3O/c1-19-7-5-13-24(19)21(25)11-14-23-17-15-22(16-18-23)12-6-10-20-8-3-2-4-9-20/h2-4,6,8-10,19H,5,7,11-18H2,1H3/b10-6+.